The molecule has 4 heteroatoms. The van der Waals surface area contributed by atoms with E-state index in [4.69, 9.17) is 11.6 Å². The number of aryl methyl sites for hydroxylation is 3. The monoisotopic (exact) mass is 320 g/mol. The Morgan fingerprint density at radius 2 is 1.71 bits per heavy atom. The highest BCUT2D eigenvalue weighted by molar-refractivity contribution is 7.85. The number of hydrogen-bond donors (Lipinski definition) is 0. The van der Waals surface area contributed by atoms with E-state index >= 15 is 0 Å². The Balaban J connectivity index is 2.22. The Bertz CT molecular complexity index is 723. The summed E-state index contributed by atoms with van der Waals surface area (Å²) in [6.07, 6.45) is 0. The van der Waals surface area contributed by atoms with Gasteiger partial charge in [-0.25, -0.2) is 0 Å². The molecule has 21 heavy (non-hydrogen) atoms. The zero-order valence-corrected chi connectivity index (χ0v) is 13.8. The van der Waals surface area contributed by atoms with Crippen LogP contribution in [0.5, 0.6) is 0 Å². The molecule has 1 atom stereocenters. The molecule has 0 aliphatic carbocycles. The highest BCUT2D eigenvalue weighted by Gasteiger charge is 2.15. The maximum absolute atomic E-state index is 12.4. The van der Waals surface area contributed by atoms with Gasteiger partial charge in [-0.3, -0.25) is 9.00 Å². The molecule has 2 aromatic rings. The summed E-state index contributed by atoms with van der Waals surface area (Å²) in [5, 5.41) is 0.524. The number of halogens is 1. The van der Waals surface area contributed by atoms with Gasteiger partial charge in [-0.2, -0.15) is 0 Å². The van der Waals surface area contributed by atoms with Gasteiger partial charge in [0.1, 0.15) is 0 Å². The van der Waals surface area contributed by atoms with E-state index in [0.29, 0.717) is 15.5 Å². The van der Waals surface area contributed by atoms with E-state index in [1.165, 1.54) is 0 Å². The number of carbonyl (C=O) groups excluding carboxylic acids is 1. The van der Waals surface area contributed by atoms with Gasteiger partial charge in [-0.1, -0.05) is 23.7 Å². The fourth-order valence-corrected chi connectivity index (χ4v) is 3.45. The van der Waals surface area contributed by atoms with Crippen LogP contribution in [0.2, 0.25) is 5.02 Å². The van der Waals surface area contributed by atoms with Crippen molar-refractivity contribution >= 4 is 28.2 Å². The second kappa shape index (κ2) is 6.54. The maximum atomic E-state index is 12.4. The van der Waals surface area contributed by atoms with Crippen molar-refractivity contribution in [2.75, 3.05) is 5.75 Å². The van der Waals surface area contributed by atoms with Crippen LogP contribution in [0.15, 0.2) is 41.3 Å². The van der Waals surface area contributed by atoms with Gasteiger partial charge in [0.15, 0.2) is 5.78 Å². The molecule has 0 radical (unpaired) electrons. The van der Waals surface area contributed by atoms with E-state index in [-0.39, 0.29) is 11.5 Å². The summed E-state index contributed by atoms with van der Waals surface area (Å²) in [4.78, 5) is 13.0. The Labute approximate surface area is 132 Å². The van der Waals surface area contributed by atoms with Crippen molar-refractivity contribution in [3.63, 3.8) is 0 Å². The molecular weight excluding hydrogens is 304 g/mol. The largest absolute Gasteiger partial charge is 0.293 e. The van der Waals surface area contributed by atoms with Crippen LogP contribution >= 0.6 is 11.6 Å². The van der Waals surface area contributed by atoms with Crippen LogP contribution in [0.25, 0.3) is 0 Å². The van der Waals surface area contributed by atoms with Crippen LogP contribution in [0.4, 0.5) is 0 Å². The second-order valence-electron chi connectivity index (χ2n) is 5.12. The molecular formula is C17H17ClO2S. The highest BCUT2D eigenvalue weighted by Crippen LogP contribution is 2.18. The summed E-state index contributed by atoms with van der Waals surface area (Å²) in [7, 11) is -1.38. The molecule has 0 saturated carbocycles. The Kier molecular flexibility index (Phi) is 4.96. The summed E-state index contributed by atoms with van der Waals surface area (Å²) in [5.41, 5.74) is 3.79. The van der Waals surface area contributed by atoms with E-state index in [1.807, 2.05) is 32.9 Å². The molecule has 0 aromatic heterocycles. The predicted octanol–water partition coefficient (Wildman–Crippen LogP) is 4.26. The lowest BCUT2D eigenvalue weighted by atomic mass is 9.99. The number of carbonyl (C=O) groups is 1. The summed E-state index contributed by atoms with van der Waals surface area (Å²) in [5.74, 6) is -0.127. The highest BCUT2D eigenvalue weighted by atomic mass is 35.5. The third kappa shape index (κ3) is 3.80. The topological polar surface area (TPSA) is 34.1 Å². The molecule has 1 unspecified atom stereocenters. The van der Waals surface area contributed by atoms with Crippen LogP contribution in [-0.2, 0) is 10.8 Å². The van der Waals surface area contributed by atoms with Crippen LogP contribution < -0.4 is 0 Å². The molecule has 0 spiro atoms. The van der Waals surface area contributed by atoms with Crippen LogP contribution in [0, 0.1) is 20.8 Å². The quantitative estimate of drug-likeness (QED) is 0.789. The standard InChI is InChI=1S/C17H17ClO2S/c1-11-7-13(3)16(8-12(11)2)17(19)10-21(20)15-6-4-5-14(18)9-15/h4-9H,10H2,1-3H3. The minimum Gasteiger partial charge on any atom is -0.293 e. The van der Waals surface area contributed by atoms with Crippen molar-refractivity contribution < 1.29 is 9.00 Å². The molecule has 0 saturated heterocycles. The Hall–Kier alpha value is -1.45. The van der Waals surface area contributed by atoms with Crippen molar-refractivity contribution in [1.82, 2.24) is 0 Å². The molecule has 110 valence electrons. The number of benzene rings is 2. The van der Waals surface area contributed by atoms with Crippen LogP contribution in [0.3, 0.4) is 0 Å². The first-order valence-electron chi connectivity index (χ1n) is 6.63. The second-order valence-corrected chi connectivity index (χ2v) is 7.01. The lowest BCUT2D eigenvalue weighted by molar-refractivity contribution is 0.102. The fourth-order valence-electron chi connectivity index (χ4n) is 2.15. The first kappa shape index (κ1) is 15.9. The maximum Gasteiger partial charge on any atom is 0.175 e. The van der Waals surface area contributed by atoms with Crippen LogP contribution in [-0.4, -0.2) is 15.7 Å². The van der Waals surface area contributed by atoms with Gasteiger partial charge in [-0.05, 0) is 61.7 Å². The minimum absolute atomic E-state index is 0.0241. The SMILES string of the molecule is Cc1cc(C)c(C(=O)CS(=O)c2cccc(Cl)c2)cc1C. The number of ketones is 1. The van der Waals surface area contributed by atoms with Crippen LogP contribution in [0.1, 0.15) is 27.0 Å². The van der Waals surface area contributed by atoms with Gasteiger partial charge in [-0.15, -0.1) is 0 Å². The zero-order chi connectivity index (χ0) is 15.6. The van der Waals surface area contributed by atoms with Gasteiger partial charge in [0.25, 0.3) is 0 Å². The summed E-state index contributed by atoms with van der Waals surface area (Å²) in [6, 6.07) is 10.7. The van der Waals surface area contributed by atoms with E-state index in [1.54, 1.807) is 24.3 Å². The summed E-state index contributed by atoms with van der Waals surface area (Å²) in [6.45, 7) is 5.89. The number of rotatable bonds is 4. The third-order valence-electron chi connectivity index (χ3n) is 3.46. The summed E-state index contributed by atoms with van der Waals surface area (Å²) < 4.78 is 12.3. The first-order chi connectivity index (χ1) is 9.88. The minimum atomic E-state index is -1.38. The molecule has 0 fully saturated rings. The van der Waals surface area contributed by atoms with Gasteiger partial charge in [0.05, 0.1) is 16.6 Å². The molecule has 2 aromatic carbocycles. The van der Waals surface area contributed by atoms with Crippen molar-refractivity contribution in [2.45, 2.75) is 25.7 Å². The number of Topliss-reactive ketones (excluding diaryl/α,β-unsaturated/α-hetero) is 1. The lowest BCUT2D eigenvalue weighted by Crippen LogP contribution is -2.13. The molecule has 2 rings (SSSR count). The normalized spacial score (nSPS) is 12.2. The third-order valence-corrected chi connectivity index (χ3v) is 5.00. The van der Waals surface area contributed by atoms with Gasteiger partial charge < -0.3 is 0 Å². The average Bonchev–Trinajstić information content (AvgIpc) is 2.42. The van der Waals surface area contributed by atoms with E-state index in [9.17, 15) is 9.00 Å². The fraction of sp³-hybridized carbons (Fsp3) is 0.235. The molecule has 2 nitrogen and oxygen atoms in total. The van der Waals surface area contributed by atoms with Gasteiger partial charge >= 0.3 is 0 Å². The molecule has 0 heterocycles. The van der Waals surface area contributed by atoms with Crippen molar-refractivity contribution in [3.05, 3.63) is 63.7 Å². The first-order valence-corrected chi connectivity index (χ1v) is 8.33. The predicted molar refractivity (Wildman–Crippen MR) is 87.7 cm³/mol. The smallest absolute Gasteiger partial charge is 0.175 e. The van der Waals surface area contributed by atoms with Gasteiger partial charge in [0.2, 0.25) is 0 Å². The zero-order valence-electron chi connectivity index (χ0n) is 12.3. The number of hydrogen-bond acceptors (Lipinski definition) is 2. The summed E-state index contributed by atoms with van der Waals surface area (Å²) >= 11 is 5.89. The van der Waals surface area contributed by atoms with E-state index in [2.05, 4.69) is 0 Å². The van der Waals surface area contributed by atoms with Gasteiger partial charge in [0, 0.05) is 15.5 Å². The molecule has 0 N–H and O–H groups in total. The van der Waals surface area contributed by atoms with Crippen molar-refractivity contribution in [3.8, 4) is 0 Å². The lowest BCUT2D eigenvalue weighted by Gasteiger charge is -2.09. The Morgan fingerprint density at radius 1 is 1.05 bits per heavy atom. The molecule has 0 aliphatic rings. The van der Waals surface area contributed by atoms with E-state index in [0.717, 1.165) is 16.7 Å². The molecule has 0 bridgehead atoms. The van der Waals surface area contributed by atoms with E-state index < -0.39 is 10.8 Å². The molecule has 0 amide bonds. The molecule has 0 aliphatic heterocycles. The van der Waals surface area contributed by atoms with Crippen molar-refractivity contribution in [1.29, 1.82) is 0 Å². The average molecular weight is 321 g/mol. The Morgan fingerprint density at radius 3 is 2.38 bits per heavy atom. The van der Waals surface area contributed by atoms with Crippen molar-refractivity contribution in [2.24, 2.45) is 0 Å².